The number of aryl methyl sites for hydroxylation is 1. The van der Waals surface area contributed by atoms with Crippen molar-refractivity contribution in [3.8, 4) is 5.75 Å². The summed E-state index contributed by atoms with van der Waals surface area (Å²) in [4.78, 5) is 26.6. The van der Waals surface area contributed by atoms with Gasteiger partial charge < -0.3 is 14.4 Å². The average molecular weight is 385 g/mol. The number of likely N-dealkylation sites (tertiary alicyclic amines) is 1. The molecule has 1 aliphatic rings. The highest BCUT2D eigenvalue weighted by molar-refractivity contribution is 5.94. The number of hydrogen-bond donors (Lipinski definition) is 0. The molecule has 2 aromatic carbocycles. The predicted octanol–water partition coefficient (Wildman–Crippen LogP) is 3.74. The van der Waals surface area contributed by atoms with Crippen LogP contribution in [0, 0.1) is 18.7 Å². The van der Waals surface area contributed by atoms with E-state index in [0.29, 0.717) is 37.2 Å². The van der Waals surface area contributed by atoms with E-state index in [1.54, 1.807) is 12.0 Å². The Balaban J connectivity index is 1.52. The number of piperidine rings is 1. The Bertz CT molecular complexity index is 842. The van der Waals surface area contributed by atoms with Crippen LogP contribution in [0.15, 0.2) is 42.5 Å². The van der Waals surface area contributed by atoms with Crippen LogP contribution in [0.2, 0.25) is 0 Å². The van der Waals surface area contributed by atoms with Crippen molar-refractivity contribution in [1.82, 2.24) is 4.90 Å². The van der Waals surface area contributed by atoms with Crippen LogP contribution >= 0.6 is 0 Å². The van der Waals surface area contributed by atoms with Crippen LogP contribution in [0.1, 0.15) is 34.3 Å². The SMILES string of the molecule is COc1ccc(C)cc1COC(=O)C1CCN(C(=O)c2ccc(F)cc2)CC1. The quantitative estimate of drug-likeness (QED) is 0.736. The second-order valence-corrected chi connectivity index (χ2v) is 7.00. The van der Waals surface area contributed by atoms with Gasteiger partial charge in [-0.15, -0.1) is 0 Å². The molecular weight excluding hydrogens is 361 g/mol. The lowest BCUT2D eigenvalue weighted by atomic mass is 9.96. The maximum Gasteiger partial charge on any atom is 0.309 e. The molecule has 0 N–H and O–H groups in total. The van der Waals surface area contributed by atoms with Crippen LogP contribution in [-0.2, 0) is 16.1 Å². The lowest BCUT2D eigenvalue weighted by Gasteiger charge is -2.31. The number of carbonyl (C=O) groups excluding carboxylic acids is 2. The van der Waals surface area contributed by atoms with Gasteiger partial charge in [0.1, 0.15) is 18.2 Å². The summed E-state index contributed by atoms with van der Waals surface area (Å²) >= 11 is 0. The van der Waals surface area contributed by atoms with E-state index in [0.717, 1.165) is 11.1 Å². The number of ether oxygens (including phenoxy) is 2. The van der Waals surface area contributed by atoms with Gasteiger partial charge in [-0.05, 0) is 56.2 Å². The molecule has 1 fully saturated rings. The molecule has 0 bridgehead atoms. The van der Waals surface area contributed by atoms with E-state index in [4.69, 9.17) is 9.47 Å². The lowest BCUT2D eigenvalue weighted by Crippen LogP contribution is -2.40. The topological polar surface area (TPSA) is 55.8 Å². The first kappa shape index (κ1) is 19.9. The van der Waals surface area contributed by atoms with Gasteiger partial charge in [0, 0.05) is 24.2 Å². The molecule has 148 valence electrons. The number of hydrogen-bond acceptors (Lipinski definition) is 4. The first-order chi connectivity index (χ1) is 13.5. The summed E-state index contributed by atoms with van der Waals surface area (Å²) in [6.07, 6.45) is 1.10. The number of nitrogens with zero attached hydrogens (tertiary/aromatic N) is 1. The van der Waals surface area contributed by atoms with Gasteiger partial charge in [-0.2, -0.15) is 0 Å². The fourth-order valence-electron chi connectivity index (χ4n) is 3.38. The van der Waals surface area contributed by atoms with Crippen LogP contribution in [0.3, 0.4) is 0 Å². The van der Waals surface area contributed by atoms with E-state index in [1.807, 2.05) is 25.1 Å². The van der Waals surface area contributed by atoms with Gasteiger partial charge in [0.2, 0.25) is 0 Å². The van der Waals surface area contributed by atoms with Crippen molar-refractivity contribution >= 4 is 11.9 Å². The second kappa shape index (κ2) is 8.87. The van der Waals surface area contributed by atoms with E-state index >= 15 is 0 Å². The molecule has 0 aromatic heterocycles. The van der Waals surface area contributed by atoms with Crippen LogP contribution in [0.4, 0.5) is 4.39 Å². The maximum absolute atomic E-state index is 13.0. The third-order valence-corrected chi connectivity index (χ3v) is 5.01. The monoisotopic (exact) mass is 385 g/mol. The van der Waals surface area contributed by atoms with E-state index < -0.39 is 0 Å². The summed E-state index contributed by atoms with van der Waals surface area (Å²) in [6, 6.07) is 11.3. The van der Waals surface area contributed by atoms with Crippen molar-refractivity contribution in [3.05, 3.63) is 65.0 Å². The number of benzene rings is 2. The van der Waals surface area contributed by atoms with E-state index in [2.05, 4.69) is 0 Å². The smallest absolute Gasteiger partial charge is 0.309 e. The standard InChI is InChI=1S/C22H24FNO4/c1-15-3-8-20(27-2)18(13-15)14-28-22(26)17-9-11-24(12-10-17)21(25)16-4-6-19(23)7-5-16/h3-8,13,17H,9-12,14H2,1-2H3. The minimum Gasteiger partial charge on any atom is -0.496 e. The fourth-order valence-corrected chi connectivity index (χ4v) is 3.38. The first-order valence-electron chi connectivity index (χ1n) is 9.33. The fraction of sp³-hybridized carbons (Fsp3) is 0.364. The summed E-state index contributed by atoms with van der Waals surface area (Å²) in [5.41, 5.74) is 2.35. The zero-order valence-electron chi connectivity index (χ0n) is 16.1. The molecule has 0 atom stereocenters. The molecule has 2 aromatic rings. The van der Waals surface area contributed by atoms with Crippen LogP contribution in [0.5, 0.6) is 5.75 Å². The summed E-state index contributed by atoms with van der Waals surface area (Å²) < 4.78 is 23.8. The number of rotatable bonds is 5. The molecule has 6 heteroatoms. The third kappa shape index (κ3) is 4.68. The Labute approximate surface area is 164 Å². The molecule has 5 nitrogen and oxygen atoms in total. The van der Waals surface area contributed by atoms with Crippen molar-refractivity contribution in [2.24, 2.45) is 5.92 Å². The molecule has 1 amide bonds. The van der Waals surface area contributed by atoms with Gasteiger partial charge in [-0.25, -0.2) is 4.39 Å². The van der Waals surface area contributed by atoms with Crippen molar-refractivity contribution in [2.45, 2.75) is 26.4 Å². The number of carbonyl (C=O) groups is 2. The Kier molecular flexibility index (Phi) is 6.29. The lowest BCUT2D eigenvalue weighted by molar-refractivity contribution is -0.151. The van der Waals surface area contributed by atoms with Crippen LogP contribution < -0.4 is 4.74 Å². The van der Waals surface area contributed by atoms with Gasteiger partial charge >= 0.3 is 5.97 Å². The molecule has 3 rings (SSSR count). The molecule has 1 heterocycles. The summed E-state index contributed by atoms with van der Waals surface area (Å²) in [6.45, 7) is 3.09. The number of halogens is 1. The normalized spacial score (nSPS) is 14.6. The van der Waals surface area contributed by atoms with Crippen molar-refractivity contribution in [2.75, 3.05) is 20.2 Å². The molecule has 0 aliphatic carbocycles. The summed E-state index contributed by atoms with van der Waals surface area (Å²) in [7, 11) is 1.59. The van der Waals surface area contributed by atoms with E-state index in [1.165, 1.54) is 24.3 Å². The molecular formula is C22H24FNO4. The van der Waals surface area contributed by atoms with Crippen molar-refractivity contribution in [1.29, 1.82) is 0 Å². The average Bonchev–Trinajstić information content (AvgIpc) is 2.72. The van der Waals surface area contributed by atoms with Crippen LogP contribution in [0.25, 0.3) is 0 Å². The van der Waals surface area contributed by atoms with Gasteiger partial charge in [0.25, 0.3) is 5.91 Å². The van der Waals surface area contributed by atoms with Gasteiger partial charge in [0.05, 0.1) is 13.0 Å². The van der Waals surface area contributed by atoms with Crippen LogP contribution in [-0.4, -0.2) is 37.0 Å². The largest absolute Gasteiger partial charge is 0.496 e. The number of esters is 1. The van der Waals surface area contributed by atoms with E-state index in [9.17, 15) is 14.0 Å². The molecule has 0 spiro atoms. The Morgan fingerprint density at radius 3 is 2.43 bits per heavy atom. The minimum absolute atomic E-state index is 0.142. The van der Waals surface area contributed by atoms with Crippen molar-refractivity contribution in [3.63, 3.8) is 0 Å². The maximum atomic E-state index is 13.0. The Hall–Kier alpha value is -2.89. The predicted molar refractivity (Wildman–Crippen MR) is 103 cm³/mol. The zero-order chi connectivity index (χ0) is 20.1. The highest BCUT2D eigenvalue weighted by Gasteiger charge is 2.29. The van der Waals surface area contributed by atoms with Crippen molar-refractivity contribution < 1.29 is 23.5 Å². The second-order valence-electron chi connectivity index (χ2n) is 7.00. The Morgan fingerprint density at radius 1 is 1.11 bits per heavy atom. The summed E-state index contributed by atoms with van der Waals surface area (Å²) in [5, 5.41) is 0. The first-order valence-corrected chi connectivity index (χ1v) is 9.33. The van der Waals surface area contributed by atoms with Gasteiger partial charge in [-0.3, -0.25) is 9.59 Å². The molecule has 0 saturated carbocycles. The van der Waals surface area contributed by atoms with Gasteiger partial charge in [-0.1, -0.05) is 11.6 Å². The highest BCUT2D eigenvalue weighted by Crippen LogP contribution is 2.24. The highest BCUT2D eigenvalue weighted by atomic mass is 19.1. The minimum atomic E-state index is -0.372. The Morgan fingerprint density at radius 2 is 1.79 bits per heavy atom. The summed E-state index contributed by atoms with van der Waals surface area (Å²) in [5.74, 6) is -0.303. The molecule has 1 saturated heterocycles. The molecule has 0 radical (unpaired) electrons. The number of amides is 1. The zero-order valence-corrected chi connectivity index (χ0v) is 16.1. The molecule has 1 aliphatic heterocycles. The molecule has 0 unspecified atom stereocenters. The van der Waals surface area contributed by atoms with E-state index in [-0.39, 0.29) is 30.2 Å². The molecule has 28 heavy (non-hydrogen) atoms. The number of methoxy groups -OCH3 is 1. The van der Waals surface area contributed by atoms with Gasteiger partial charge in [0.15, 0.2) is 0 Å². The third-order valence-electron chi connectivity index (χ3n) is 5.01.